The van der Waals surface area contributed by atoms with E-state index in [0.717, 1.165) is 23.1 Å². The van der Waals surface area contributed by atoms with Gasteiger partial charge in [0, 0.05) is 0 Å². The third-order valence-corrected chi connectivity index (χ3v) is 5.00. The molecule has 0 bridgehead atoms. The zero-order chi connectivity index (χ0) is 17.3. The van der Waals surface area contributed by atoms with Gasteiger partial charge in [-0.2, -0.15) is 0 Å². The van der Waals surface area contributed by atoms with Gasteiger partial charge in [0.15, 0.2) is 0 Å². The van der Waals surface area contributed by atoms with Crippen LogP contribution in [0.4, 0.5) is 4.39 Å². The molecule has 2 aromatic rings. The van der Waals surface area contributed by atoms with Gasteiger partial charge < -0.3 is 4.74 Å². The quantitative estimate of drug-likeness (QED) is 0.926. The van der Waals surface area contributed by atoms with Crippen LogP contribution in [0.15, 0.2) is 52.9 Å². The molecule has 1 fully saturated rings. The zero-order valence-electron chi connectivity index (χ0n) is 13.2. The lowest BCUT2D eigenvalue weighted by Gasteiger charge is -2.13. The second-order valence-electron chi connectivity index (χ2n) is 5.84. The maximum Gasteiger partial charge on any atom is 0.238 e. The molecular formula is C18H18FNO3S. The van der Waals surface area contributed by atoms with E-state index in [2.05, 4.69) is 0 Å². The van der Waals surface area contributed by atoms with Crippen molar-refractivity contribution < 1.29 is 17.5 Å². The van der Waals surface area contributed by atoms with Gasteiger partial charge in [-0.15, -0.1) is 0 Å². The lowest BCUT2D eigenvalue weighted by Crippen LogP contribution is -2.11. The molecular weight excluding hydrogens is 329 g/mol. The Morgan fingerprint density at radius 3 is 2.54 bits per heavy atom. The van der Waals surface area contributed by atoms with E-state index in [1.165, 1.54) is 18.2 Å². The van der Waals surface area contributed by atoms with Crippen molar-refractivity contribution in [3.63, 3.8) is 0 Å². The average molecular weight is 347 g/mol. The van der Waals surface area contributed by atoms with Gasteiger partial charge in [-0.1, -0.05) is 30.3 Å². The average Bonchev–Trinajstić information content (AvgIpc) is 2.98. The van der Waals surface area contributed by atoms with Crippen LogP contribution in [-0.2, 0) is 14.8 Å². The van der Waals surface area contributed by atoms with Crippen LogP contribution in [0.2, 0.25) is 0 Å². The number of hydrogen-bond acceptors (Lipinski definition) is 3. The van der Waals surface area contributed by atoms with Gasteiger partial charge in [-0.25, -0.2) is 17.9 Å². The van der Waals surface area contributed by atoms with E-state index in [1.807, 2.05) is 12.1 Å². The van der Waals surface area contributed by atoms with Gasteiger partial charge in [0.05, 0.1) is 11.5 Å². The summed E-state index contributed by atoms with van der Waals surface area (Å²) >= 11 is 0. The van der Waals surface area contributed by atoms with E-state index in [0.29, 0.717) is 12.2 Å². The first-order chi connectivity index (χ1) is 11.3. The zero-order valence-corrected chi connectivity index (χ0v) is 14.0. The Morgan fingerprint density at radius 1 is 1.21 bits per heavy atom. The maximum atomic E-state index is 13.8. The Morgan fingerprint density at radius 2 is 1.92 bits per heavy atom. The van der Waals surface area contributed by atoms with Crippen molar-refractivity contribution in [3.8, 4) is 0 Å². The van der Waals surface area contributed by atoms with E-state index >= 15 is 0 Å². The number of hydrogen-bond donors (Lipinski definition) is 1. The molecule has 1 aliphatic rings. The highest BCUT2D eigenvalue weighted by molar-refractivity contribution is 7.89. The van der Waals surface area contributed by atoms with E-state index in [9.17, 15) is 12.8 Å². The topological polar surface area (TPSA) is 69.4 Å². The number of nitrogens with two attached hydrogens (primary N) is 1. The van der Waals surface area contributed by atoms with Crippen molar-refractivity contribution in [1.29, 1.82) is 0 Å². The summed E-state index contributed by atoms with van der Waals surface area (Å²) in [5.41, 5.74) is 3.26. The van der Waals surface area contributed by atoms with Gasteiger partial charge in [0.2, 0.25) is 10.0 Å². The highest BCUT2D eigenvalue weighted by atomic mass is 32.2. The van der Waals surface area contributed by atoms with Crippen LogP contribution in [0, 0.1) is 12.7 Å². The first kappa shape index (κ1) is 16.8. The smallest absolute Gasteiger partial charge is 0.238 e. The van der Waals surface area contributed by atoms with Crippen LogP contribution in [0.3, 0.4) is 0 Å². The summed E-state index contributed by atoms with van der Waals surface area (Å²) in [4.78, 5) is 0.0736. The van der Waals surface area contributed by atoms with Crippen LogP contribution < -0.4 is 5.14 Å². The molecule has 126 valence electrons. The molecule has 0 aromatic heterocycles. The minimum absolute atomic E-state index is 0.0736. The molecule has 1 aliphatic heterocycles. The molecule has 0 aliphatic carbocycles. The Labute approximate surface area is 140 Å². The molecule has 1 atom stereocenters. The molecule has 0 radical (unpaired) electrons. The Balaban J connectivity index is 1.89. The van der Waals surface area contributed by atoms with Gasteiger partial charge in [0.1, 0.15) is 11.9 Å². The monoisotopic (exact) mass is 347 g/mol. The largest absolute Gasteiger partial charge is 0.369 e. The SMILES string of the molecule is Cc1ccc(C2OCC/C2=C\c2ccc(S(N)(=O)=O)cc2)cc1F. The lowest BCUT2D eigenvalue weighted by molar-refractivity contribution is 0.125. The number of rotatable bonds is 3. The molecule has 6 heteroatoms. The van der Waals surface area contributed by atoms with E-state index in [4.69, 9.17) is 9.88 Å². The molecule has 0 amide bonds. The highest BCUT2D eigenvalue weighted by Gasteiger charge is 2.24. The normalized spacial score (nSPS) is 19.8. The number of benzene rings is 2. The highest BCUT2D eigenvalue weighted by Crippen LogP contribution is 2.35. The van der Waals surface area contributed by atoms with Crippen LogP contribution >= 0.6 is 0 Å². The molecule has 1 saturated heterocycles. The van der Waals surface area contributed by atoms with Gasteiger partial charge in [-0.3, -0.25) is 0 Å². The molecule has 1 heterocycles. The Hall–Kier alpha value is -2.02. The summed E-state index contributed by atoms with van der Waals surface area (Å²) in [6, 6.07) is 11.4. The van der Waals surface area contributed by atoms with Crippen molar-refractivity contribution in [2.45, 2.75) is 24.3 Å². The fourth-order valence-electron chi connectivity index (χ4n) is 2.73. The van der Waals surface area contributed by atoms with E-state index < -0.39 is 10.0 Å². The predicted octanol–water partition coefficient (Wildman–Crippen LogP) is 3.33. The van der Waals surface area contributed by atoms with Crippen molar-refractivity contribution in [3.05, 3.63) is 70.5 Å². The minimum Gasteiger partial charge on any atom is -0.369 e. The third-order valence-electron chi connectivity index (χ3n) is 4.07. The van der Waals surface area contributed by atoms with E-state index in [-0.39, 0.29) is 16.8 Å². The second kappa shape index (κ2) is 6.47. The standard InChI is InChI=1S/C18H18FNO3S/c1-12-2-5-14(11-17(12)19)18-15(8-9-23-18)10-13-3-6-16(7-4-13)24(20,21)22/h2-7,10-11,18H,8-9H2,1H3,(H2,20,21,22)/b15-10+. The van der Waals surface area contributed by atoms with Crippen LogP contribution in [0.1, 0.15) is 29.2 Å². The Kier molecular flexibility index (Phi) is 4.54. The molecule has 2 N–H and O–H groups in total. The molecule has 2 aromatic carbocycles. The molecule has 24 heavy (non-hydrogen) atoms. The summed E-state index contributed by atoms with van der Waals surface area (Å²) < 4.78 is 42.1. The minimum atomic E-state index is -3.70. The third kappa shape index (κ3) is 3.56. The number of sulfonamides is 1. The fourth-order valence-corrected chi connectivity index (χ4v) is 3.25. The molecule has 1 unspecified atom stereocenters. The summed E-state index contributed by atoms with van der Waals surface area (Å²) in [6.07, 6.45) is 2.41. The number of primary sulfonamides is 1. The van der Waals surface area contributed by atoms with Crippen molar-refractivity contribution in [2.75, 3.05) is 6.61 Å². The van der Waals surface area contributed by atoms with Gasteiger partial charge in [0.25, 0.3) is 0 Å². The van der Waals surface area contributed by atoms with Crippen LogP contribution in [0.25, 0.3) is 6.08 Å². The van der Waals surface area contributed by atoms with Crippen LogP contribution in [-0.4, -0.2) is 15.0 Å². The summed E-state index contributed by atoms with van der Waals surface area (Å²) in [6.45, 7) is 2.29. The fraction of sp³-hybridized carbons (Fsp3) is 0.222. The second-order valence-corrected chi connectivity index (χ2v) is 7.40. The van der Waals surface area contributed by atoms with Crippen molar-refractivity contribution >= 4 is 16.1 Å². The van der Waals surface area contributed by atoms with Crippen molar-refractivity contribution in [2.24, 2.45) is 5.14 Å². The number of halogens is 1. The summed E-state index contributed by atoms with van der Waals surface area (Å²) in [7, 11) is -3.70. The van der Waals surface area contributed by atoms with Crippen molar-refractivity contribution in [1.82, 2.24) is 0 Å². The number of ether oxygens (including phenoxy) is 1. The molecule has 0 saturated carbocycles. The summed E-state index contributed by atoms with van der Waals surface area (Å²) in [5.74, 6) is -0.250. The van der Waals surface area contributed by atoms with Gasteiger partial charge >= 0.3 is 0 Å². The molecule has 0 spiro atoms. The maximum absolute atomic E-state index is 13.8. The first-order valence-electron chi connectivity index (χ1n) is 7.55. The van der Waals surface area contributed by atoms with E-state index in [1.54, 1.807) is 25.1 Å². The lowest BCUT2D eigenvalue weighted by atomic mass is 9.98. The predicted molar refractivity (Wildman–Crippen MR) is 90.2 cm³/mol. The molecule has 3 rings (SSSR count). The van der Waals surface area contributed by atoms with Crippen LogP contribution in [0.5, 0.6) is 0 Å². The van der Waals surface area contributed by atoms with Gasteiger partial charge in [-0.05, 0) is 53.8 Å². The first-order valence-corrected chi connectivity index (χ1v) is 9.10. The Bertz CT molecular complexity index is 889. The molecule has 4 nitrogen and oxygen atoms in total. The number of aryl methyl sites for hydroxylation is 1. The summed E-state index contributed by atoms with van der Waals surface area (Å²) in [5, 5.41) is 5.10.